The number of carbonyl (C=O) groups excluding carboxylic acids is 1. The molecule has 0 N–H and O–H groups in total. The van der Waals surface area contributed by atoms with Crippen molar-refractivity contribution in [2.45, 2.75) is 57.9 Å². The Morgan fingerprint density at radius 2 is 2.13 bits per heavy atom. The highest BCUT2D eigenvalue weighted by Gasteiger charge is 2.43. The van der Waals surface area contributed by atoms with Gasteiger partial charge in [-0.2, -0.15) is 5.10 Å². The second kappa shape index (κ2) is 5.07. The van der Waals surface area contributed by atoms with Crippen LogP contribution in [0.15, 0.2) is 6.07 Å². The van der Waals surface area contributed by atoms with Gasteiger partial charge in [0.25, 0.3) is 5.91 Å². The number of likely N-dealkylation sites (tertiary alicyclic amines) is 1. The minimum absolute atomic E-state index is 0.0814. The van der Waals surface area contributed by atoms with E-state index in [1.54, 1.807) is 0 Å². The van der Waals surface area contributed by atoms with E-state index in [1.165, 1.54) is 18.5 Å². The Hall–Kier alpha value is -1.36. The zero-order chi connectivity index (χ0) is 16.2. The smallest absolute Gasteiger partial charge is 0.274 e. The van der Waals surface area contributed by atoms with Gasteiger partial charge in [0.1, 0.15) is 0 Å². The van der Waals surface area contributed by atoms with Crippen molar-refractivity contribution in [2.75, 3.05) is 26.3 Å². The first-order chi connectivity index (χ1) is 10.9. The molecule has 2 aliphatic heterocycles. The Bertz CT molecular complexity index is 619. The number of hydrogen-bond acceptors (Lipinski definition) is 3. The summed E-state index contributed by atoms with van der Waals surface area (Å²) in [6.45, 7) is 9.77. The molecule has 1 amide bonds. The summed E-state index contributed by atoms with van der Waals surface area (Å²) in [7, 11) is 0. The summed E-state index contributed by atoms with van der Waals surface area (Å²) in [5.74, 6) is 0.690. The Morgan fingerprint density at radius 3 is 2.74 bits per heavy atom. The van der Waals surface area contributed by atoms with Crippen LogP contribution in [0.1, 0.15) is 68.6 Å². The lowest BCUT2D eigenvalue weighted by molar-refractivity contribution is 0.0758. The maximum Gasteiger partial charge on any atom is 0.274 e. The monoisotopic (exact) mass is 317 g/mol. The number of nitrogens with zero attached hydrogens (tertiary/aromatic N) is 3. The molecular weight excluding hydrogens is 290 g/mol. The van der Waals surface area contributed by atoms with Crippen molar-refractivity contribution in [2.24, 2.45) is 5.41 Å². The van der Waals surface area contributed by atoms with Crippen molar-refractivity contribution in [1.82, 2.24) is 14.7 Å². The molecule has 5 heteroatoms. The molecule has 3 fully saturated rings. The Kier molecular flexibility index (Phi) is 3.34. The lowest BCUT2D eigenvalue weighted by Crippen LogP contribution is -2.33. The lowest BCUT2D eigenvalue weighted by Gasteiger charge is -2.23. The van der Waals surface area contributed by atoms with Crippen LogP contribution in [0.3, 0.4) is 0 Å². The summed E-state index contributed by atoms with van der Waals surface area (Å²) in [4.78, 5) is 14.9. The Morgan fingerprint density at radius 1 is 1.35 bits per heavy atom. The van der Waals surface area contributed by atoms with Crippen LogP contribution in [-0.4, -0.2) is 46.9 Å². The van der Waals surface area contributed by atoms with Crippen LogP contribution in [0.2, 0.25) is 0 Å². The zero-order valence-corrected chi connectivity index (χ0v) is 14.5. The summed E-state index contributed by atoms with van der Waals surface area (Å²) in [5, 5.41) is 4.70. The van der Waals surface area contributed by atoms with Crippen LogP contribution < -0.4 is 0 Å². The fourth-order valence-electron chi connectivity index (χ4n) is 3.95. The summed E-state index contributed by atoms with van der Waals surface area (Å²) in [5.41, 5.74) is 1.99. The van der Waals surface area contributed by atoms with Gasteiger partial charge in [-0.05, 0) is 52.5 Å². The van der Waals surface area contributed by atoms with Crippen molar-refractivity contribution in [3.8, 4) is 0 Å². The fraction of sp³-hybridized carbons (Fsp3) is 0.778. The molecule has 1 aliphatic carbocycles. The van der Waals surface area contributed by atoms with Crippen LogP contribution >= 0.6 is 0 Å². The standard InChI is InChI=1S/C18H27N3O2/c1-17(2,3)21-15(13-4-5-13)10-14(19-21)16(22)20-8-6-18(11-20)7-9-23-12-18/h10,13H,4-9,11-12H2,1-3H3/t18-/m1/s1. The third kappa shape index (κ3) is 2.69. The summed E-state index contributed by atoms with van der Waals surface area (Å²) in [6, 6.07) is 2.04. The lowest BCUT2D eigenvalue weighted by atomic mass is 9.87. The van der Waals surface area contributed by atoms with Crippen molar-refractivity contribution in [3.05, 3.63) is 17.5 Å². The van der Waals surface area contributed by atoms with Crippen molar-refractivity contribution in [1.29, 1.82) is 0 Å². The van der Waals surface area contributed by atoms with E-state index < -0.39 is 0 Å². The van der Waals surface area contributed by atoms with Crippen molar-refractivity contribution < 1.29 is 9.53 Å². The van der Waals surface area contributed by atoms with Crippen LogP contribution in [0, 0.1) is 5.41 Å². The molecule has 126 valence electrons. The minimum atomic E-state index is -0.0814. The van der Waals surface area contributed by atoms with Gasteiger partial charge in [0.2, 0.25) is 0 Å². The molecule has 1 aromatic heterocycles. The SMILES string of the molecule is CC(C)(C)n1nc(C(=O)N2CC[C@@]3(CCOC3)C2)cc1C1CC1. The summed E-state index contributed by atoms with van der Waals surface area (Å²) in [6.07, 6.45) is 4.59. The third-order valence-electron chi connectivity index (χ3n) is 5.50. The molecule has 3 aliphatic rings. The Labute approximate surface area is 138 Å². The van der Waals surface area contributed by atoms with Gasteiger partial charge in [0.15, 0.2) is 5.69 Å². The molecule has 3 heterocycles. The van der Waals surface area contributed by atoms with Gasteiger partial charge >= 0.3 is 0 Å². The fourth-order valence-corrected chi connectivity index (χ4v) is 3.95. The number of rotatable bonds is 2. The maximum absolute atomic E-state index is 12.9. The average molecular weight is 317 g/mol. The van der Waals surface area contributed by atoms with E-state index in [1.807, 2.05) is 11.0 Å². The van der Waals surface area contributed by atoms with Gasteiger partial charge in [-0.15, -0.1) is 0 Å². The van der Waals surface area contributed by atoms with E-state index in [4.69, 9.17) is 9.84 Å². The van der Waals surface area contributed by atoms with E-state index >= 15 is 0 Å². The third-order valence-corrected chi connectivity index (χ3v) is 5.50. The van der Waals surface area contributed by atoms with Crippen molar-refractivity contribution in [3.63, 3.8) is 0 Å². The Balaban J connectivity index is 1.57. The van der Waals surface area contributed by atoms with Gasteiger partial charge in [0.05, 0.1) is 12.1 Å². The number of ether oxygens (including phenoxy) is 1. The van der Waals surface area contributed by atoms with Gasteiger partial charge in [0, 0.05) is 36.7 Å². The van der Waals surface area contributed by atoms with Gasteiger partial charge in [-0.3, -0.25) is 9.48 Å². The maximum atomic E-state index is 12.9. The second-order valence-electron chi connectivity index (χ2n) is 8.59. The minimum Gasteiger partial charge on any atom is -0.381 e. The molecule has 0 bridgehead atoms. The first-order valence-electron chi connectivity index (χ1n) is 8.86. The predicted molar refractivity (Wildman–Crippen MR) is 87.6 cm³/mol. The first-order valence-corrected chi connectivity index (χ1v) is 8.86. The normalized spacial score (nSPS) is 28.0. The van der Waals surface area contributed by atoms with Crippen LogP contribution in [0.5, 0.6) is 0 Å². The highest BCUT2D eigenvalue weighted by Crippen LogP contribution is 2.42. The molecule has 4 rings (SSSR count). The van der Waals surface area contributed by atoms with Gasteiger partial charge in [-0.25, -0.2) is 0 Å². The number of amides is 1. The number of aromatic nitrogens is 2. The highest BCUT2D eigenvalue weighted by atomic mass is 16.5. The predicted octanol–water partition coefficient (Wildman–Crippen LogP) is 2.77. The number of carbonyl (C=O) groups is 1. The van der Waals surface area contributed by atoms with Crippen LogP contribution in [0.4, 0.5) is 0 Å². The molecule has 23 heavy (non-hydrogen) atoms. The second-order valence-corrected chi connectivity index (χ2v) is 8.59. The summed E-state index contributed by atoms with van der Waals surface area (Å²) >= 11 is 0. The molecule has 0 aromatic carbocycles. The molecule has 0 unspecified atom stereocenters. The van der Waals surface area contributed by atoms with Crippen LogP contribution in [0.25, 0.3) is 0 Å². The highest BCUT2D eigenvalue weighted by molar-refractivity contribution is 5.92. The first kappa shape index (κ1) is 15.2. The molecule has 0 radical (unpaired) electrons. The zero-order valence-electron chi connectivity index (χ0n) is 14.5. The van der Waals surface area contributed by atoms with E-state index in [0.29, 0.717) is 11.6 Å². The van der Waals surface area contributed by atoms with Gasteiger partial charge < -0.3 is 9.64 Å². The quantitative estimate of drug-likeness (QED) is 0.842. The van der Waals surface area contributed by atoms with Crippen molar-refractivity contribution >= 4 is 5.91 Å². The summed E-state index contributed by atoms with van der Waals surface area (Å²) < 4.78 is 7.64. The van der Waals surface area contributed by atoms with E-state index in [0.717, 1.165) is 39.1 Å². The average Bonchev–Trinajstić information content (AvgIpc) is 2.94. The van der Waals surface area contributed by atoms with Crippen LogP contribution in [-0.2, 0) is 10.3 Å². The topological polar surface area (TPSA) is 47.4 Å². The molecule has 5 nitrogen and oxygen atoms in total. The van der Waals surface area contributed by atoms with E-state index in [-0.39, 0.29) is 16.9 Å². The van der Waals surface area contributed by atoms with E-state index in [9.17, 15) is 4.79 Å². The number of hydrogen-bond donors (Lipinski definition) is 0. The molecule has 1 atom stereocenters. The molecular formula is C18H27N3O2. The molecule has 1 spiro atoms. The van der Waals surface area contributed by atoms with E-state index in [2.05, 4.69) is 25.5 Å². The largest absolute Gasteiger partial charge is 0.381 e. The van der Waals surface area contributed by atoms with Gasteiger partial charge in [-0.1, -0.05) is 0 Å². The molecule has 1 saturated carbocycles. The molecule has 1 aromatic rings. The molecule has 2 saturated heterocycles.